The van der Waals surface area contributed by atoms with Crippen molar-refractivity contribution in [3.63, 3.8) is 0 Å². The molecule has 4 aliphatic rings. The SMILES string of the molecule is Cc1cc(N)nc(-c2c(Cl)cc3c(N4CC[C@H]5CC[C@@H](C4)N5)nc(OCC4(CN5CC[C@@H](F)C5)CC4)nc3c2F)c1C(F)(F)F. The quantitative estimate of drug-likeness (QED) is 0.304. The Kier molecular flexibility index (Phi) is 7.72. The van der Waals surface area contributed by atoms with E-state index in [1.54, 1.807) is 0 Å². The molecule has 0 spiro atoms. The van der Waals surface area contributed by atoms with Gasteiger partial charge in [0.2, 0.25) is 0 Å². The number of halogens is 6. The zero-order valence-corrected chi connectivity index (χ0v) is 25.6. The molecular weight excluding hydrogens is 617 g/mol. The number of ether oxygens (including phenoxy) is 1. The summed E-state index contributed by atoms with van der Waals surface area (Å²) in [4.78, 5) is 17.2. The number of aryl methyl sites for hydroxylation is 1. The van der Waals surface area contributed by atoms with Crippen LogP contribution in [0.25, 0.3) is 22.2 Å². The number of nitrogen functional groups attached to an aromatic ring is 1. The van der Waals surface area contributed by atoms with Crippen LogP contribution in [-0.2, 0) is 6.18 Å². The number of fused-ring (bicyclic) bond motifs is 3. The summed E-state index contributed by atoms with van der Waals surface area (Å²) in [6.45, 7) is 4.52. The number of alkyl halides is 4. The van der Waals surface area contributed by atoms with E-state index < -0.39 is 35.0 Å². The standard InChI is InChI=1S/C31H35ClF5N7O/c1-16-10-22(38)40-27(24(16)31(35,36)37)23-21(32)11-20-26(25(23)34)41-29(42-28(20)44-9-5-18-2-3-19(13-44)39-18)45-15-30(6-7-30)14-43-8-4-17(33)12-43/h10-11,17-19,39H,2-9,12-15H2,1H3,(H2,38,40)/t17-,18-,19+/m1/s1. The Bertz CT molecular complexity index is 1630. The third-order valence-electron chi connectivity index (χ3n) is 9.66. The average molecular weight is 652 g/mol. The minimum atomic E-state index is -4.84. The Morgan fingerprint density at radius 3 is 2.56 bits per heavy atom. The first-order chi connectivity index (χ1) is 21.4. The van der Waals surface area contributed by atoms with E-state index in [2.05, 4.69) is 20.2 Å². The molecule has 14 heteroatoms. The lowest BCUT2D eigenvalue weighted by atomic mass is 9.99. The van der Waals surface area contributed by atoms with Gasteiger partial charge in [0.1, 0.15) is 23.3 Å². The van der Waals surface area contributed by atoms with Gasteiger partial charge in [0.05, 0.1) is 28.5 Å². The highest BCUT2D eigenvalue weighted by atomic mass is 35.5. The van der Waals surface area contributed by atoms with Gasteiger partial charge in [0.15, 0.2) is 5.82 Å². The molecule has 1 saturated carbocycles. The number of benzene rings is 1. The van der Waals surface area contributed by atoms with Crippen LogP contribution in [0.3, 0.4) is 0 Å². The number of nitrogens with zero attached hydrogens (tertiary/aromatic N) is 5. The highest BCUT2D eigenvalue weighted by Crippen LogP contribution is 2.48. The number of hydrogen-bond donors (Lipinski definition) is 2. The van der Waals surface area contributed by atoms with Gasteiger partial charge < -0.3 is 20.7 Å². The van der Waals surface area contributed by atoms with Crippen molar-refractivity contribution in [1.82, 2.24) is 25.2 Å². The number of likely N-dealkylation sites (tertiary alicyclic amines) is 1. The van der Waals surface area contributed by atoms with Crippen LogP contribution in [0.4, 0.5) is 33.6 Å². The van der Waals surface area contributed by atoms with Gasteiger partial charge in [-0.25, -0.2) is 13.8 Å². The molecule has 2 aromatic heterocycles. The number of rotatable bonds is 7. The lowest BCUT2D eigenvalue weighted by molar-refractivity contribution is -0.137. The van der Waals surface area contributed by atoms with Crippen LogP contribution >= 0.6 is 11.6 Å². The molecule has 3 atom stereocenters. The molecule has 1 aromatic carbocycles. The topological polar surface area (TPSA) is 92.4 Å². The first-order valence-electron chi connectivity index (χ1n) is 15.4. The summed E-state index contributed by atoms with van der Waals surface area (Å²) in [5, 5.41) is 3.63. The second-order valence-corrected chi connectivity index (χ2v) is 13.5. The zero-order valence-electron chi connectivity index (χ0n) is 24.9. The molecule has 2 bridgehead atoms. The van der Waals surface area contributed by atoms with Crippen molar-refractivity contribution in [2.24, 2.45) is 5.41 Å². The molecule has 7 rings (SSSR count). The fraction of sp³-hybridized carbons (Fsp3) is 0.581. The molecule has 45 heavy (non-hydrogen) atoms. The van der Waals surface area contributed by atoms with Crippen LogP contribution in [0.15, 0.2) is 12.1 Å². The normalized spacial score (nSPS) is 24.8. The van der Waals surface area contributed by atoms with E-state index in [-0.39, 0.29) is 51.4 Å². The molecule has 242 valence electrons. The van der Waals surface area contributed by atoms with E-state index in [9.17, 15) is 17.6 Å². The fourth-order valence-corrected chi connectivity index (χ4v) is 7.48. The van der Waals surface area contributed by atoms with Crippen molar-refractivity contribution < 1.29 is 26.7 Å². The minimum Gasteiger partial charge on any atom is -0.463 e. The molecule has 0 amide bonds. The third kappa shape index (κ3) is 5.98. The van der Waals surface area contributed by atoms with Crippen LogP contribution in [0, 0.1) is 18.2 Å². The summed E-state index contributed by atoms with van der Waals surface area (Å²) < 4.78 is 79.3. The van der Waals surface area contributed by atoms with Crippen molar-refractivity contribution in [3.8, 4) is 17.3 Å². The molecule has 3 saturated heterocycles. The van der Waals surface area contributed by atoms with Crippen molar-refractivity contribution in [2.45, 2.75) is 69.9 Å². The van der Waals surface area contributed by atoms with E-state index in [0.29, 0.717) is 51.0 Å². The Morgan fingerprint density at radius 1 is 1.07 bits per heavy atom. The Morgan fingerprint density at radius 2 is 1.84 bits per heavy atom. The second kappa shape index (κ2) is 11.3. The average Bonchev–Trinajstić information content (AvgIpc) is 3.45. The van der Waals surface area contributed by atoms with E-state index >= 15 is 4.39 Å². The molecule has 0 radical (unpaired) electrons. The monoisotopic (exact) mass is 651 g/mol. The maximum atomic E-state index is 16.6. The highest BCUT2D eigenvalue weighted by Gasteiger charge is 2.46. The van der Waals surface area contributed by atoms with Gasteiger partial charge in [0, 0.05) is 55.6 Å². The number of pyridine rings is 1. The van der Waals surface area contributed by atoms with Crippen LogP contribution in [0.1, 0.15) is 49.7 Å². The molecule has 3 aliphatic heterocycles. The van der Waals surface area contributed by atoms with E-state index in [1.807, 2.05) is 4.90 Å². The molecule has 4 fully saturated rings. The number of hydrogen-bond acceptors (Lipinski definition) is 8. The summed E-state index contributed by atoms with van der Waals surface area (Å²) in [7, 11) is 0. The lowest BCUT2D eigenvalue weighted by Crippen LogP contribution is -2.36. The Hall–Kier alpha value is -3.03. The summed E-state index contributed by atoms with van der Waals surface area (Å²) in [6.07, 6.45) is -0.432. The van der Waals surface area contributed by atoms with E-state index in [1.165, 1.54) is 13.0 Å². The van der Waals surface area contributed by atoms with Crippen LogP contribution in [-0.4, -0.2) is 77.4 Å². The predicted octanol–water partition coefficient (Wildman–Crippen LogP) is 5.93. The summed E-state index contributed by atoms with van der Waals surface area (Å²) in [5.41, 5.74) is 2.89. The van der Waals surface area contributed by atoms with Crippen LogP contribution in [0.5, 0.6) is 6.01 Å². The molecular formula is C31H35ClF5N7O. The van der Waals surface area contributed by atoms with Gasteiger partial charge in [-0.2, -0.15) is 23.1 Å². The van der Waals surface area contributed by atoms with Crippen molar-refractivity contribution in [2.75, 3.05) is 50.0 Å². The summed E-state index contributed by atoms with van der Waals surface area (Å²) >= 11 is 6.60. The molecule has 3 N–H and O–H groups in total. The largest absolute Gasteiger partial charge is 0.463 e. The van der Waals surface area contributed by atoms with Crippen molar-refractivity contribution in [3.05, 3.63) is 34.1 Å². The zero-order chi connectivity index (χ0) is 31.7. The van der Waals surface area contributed by atoms with Gasteiger partial charge >= 0.3 is 12.2 Å². The second-order valence-electron chi connectivity index (χ2n) is 13.1. The van der Waals surface area contributed by atoms with E-state index in [4.69, 9.17) is 27.1 Å². The Balaban J connectivity index is 1.32. The van der Waals surface area contributed by atoms with Gasteiger partial charge in [-0.15, -0.1) is 0 Å². The van der Waals surface area contributed by atoms with Crippen molar-refractivity contribution in [1.29, 1.82) is 0 Å². The lowest BCUT2D eigenvalue weighted by Gasteiger charge is -2.27. The maximum absolute atomic E-state index is 16.6. The summed E-state index contributed by atoms with van der Waals surface area (Å²) in [5.74, 6) is -0.845. The highest BCUT2D eigenvalue weighted by molar-refractivity contribution is 6.34. The predicted molar refractivity (Wildman–Crippen MR) is 162 cm³/mol. The third-order valence-corrected chi connectivity index (χ3v) is 9.96. The fourth-order valence-electron chi connectivity index (χ4n) is 7.20. The minimum absolute atomic E-state index is 0.0733. The van der Waals surface area contributed by atoms with Gasteiger partial charge in [-0.1, -0.05) is 11.6 Å². The Labute approximate surface area is 262 Å². The van der Waals surface area contributed by atoms with E-state index in [0.717, 1.165) is 38.2 Å². The van der Waals surface area contributed by atoms with Crippen LogP contribution in [0.2, 0.25) is 5.02 Å². The number of nitrogens with one attached hydrogen (secondary N) is 1. The smallest absolute Gasteiger partial charge is 0.418 e. The van der Waals surface area contributed by atoms with Gasteiger partial charge in [0.25, 0.3) is 0 Å². The molecule has 8 nitrogen and oxygen atoms in total. The van der Waals surface area contributed by atoms with Gasteiger partial charge in [-0.05, 0) is 63.1 Å². The van der Waals surface area contributed by atoms with Crippen molar-refractivity contribution >= 4 is 34.1 Å². The number of anilines is 2. The maximum Gasteiger partial charge on any atom is 0.418 e. The molecule has 3 aromatic rings. The number of aromatic nitrogens is 3. The molecule has 5 heterocycles. The number of nitrogens with two attached hydrogens (primary N) is 1. The molecule has 0 unspecified atom stereocenters. The molecule has 1 aliphatic carbocycles. The first-order valence-corrected chi connectivity index (χ1v) is 15.8. The first kappa shape index (κ1) is 30.6. The van der Waals surface area contributed by atoms with Crippen LogP contribution < -0.4 is 20.7 Å². The van der Waals surface area contributed by atoms with Gasteiger partial charge in [-0.3, -0.25) is 4.90 Å². The summed E-state index contributed by atoms with van der Waals surface area (Å²) in [6, 6.07) is 3.02.